The van der Waals surface area contributed by atoms with Crippen molar-refractivity contribution >= 4 is 39.5 Å². The molecule has 1 aliphatic carbocycles. The van der Waals surface area contributed by atoms with Crippen LogP contribution < -0.4 is 15.4 Å². The number of amides is 3. The largest absolute Gasteiger partial charge is 0.475 e. The van der Waals surface area contributed by atoms with E-state index in [1.54, 1.807) is 27.7 Å². The summed E-state index contributed by atoms with van der Waals surface area (Å²) < 4.78 is 26.2. The van der Waals surface area contributed by atoms with Gasteiger partial charge in [-0.2, -0.15) is 0 Å². The van der Waals surface area contributed by atoms with E-state index in [9.17, 15) is 37.5 Å². The summed E-state index contributed by atoms with van der Waals surface area (Å²) >= 11 is 0. The van der Waals surface area contributed by atoms with Gasteiger partial charge in [-0.1, -0.05) is 61.8 Å². The van der Waals surface area contributed by atoms with E-state index in [-0.39, 0.29) is 42.6 Å². The predicted octanol–water partition coefficient (Wildman–Crippen LogP) is 0.903. The molecular weight excluding hydrogens is 540 g/mol. The predicted molar refractivity (Wildman–Crippen MR) is 148 cm³/mol. The third-order valence-corrected chi connectivity index (χ3v) is 8.67. The molecule has 0 radical (unpaired) electrons. The molecule has 6 atom stereocenters. The summed E-state index contributed by atoms with van der Waals surface area (Å²) in [6, 6.07) is -4.34. The number of aliphatic carboxylic acids is 1. The first-order chi connectivity index (χ1) is 18.1. The van der Waals surface area contributed by atoms with E-state index in [4.69, 9.17) is 0 Å². The van der Waals surface area contributed by atoms with Crippen LogP contribution in [-0.2, 0) is 34.0 Å². The van der Waals surface area contributed by atoms with E-state index in [2.05, 4.69) is 15.4 Å². The van der Waals surface area contributed by atoms with Gasteiger partial charge in [0.25, 0.3) is 5.78 Å². The lowest BCUT2D eigenvalue weighted by atomic mass is 9.84. The highest BCUT2D eigenvalue weighted by Gasteiger charge is 2.70. The SMILES string of the molecule is CCCC(NC(=O)[C@@H]1[C@@H]2[C@H](CN1C(=O)[C@@H](NC(=O)[C@H](CC(C)C)NS(C)(=O)=O)C(C)(C)C)C2(C)C)C(=O)C(=O)O. The molecule has 4 N–H and O–H groups in total. The van der Waals surface area contributed by atoms with Crippen LogP contribution in [0.1, 0.15) is 74.7 Å². The molecule has 1 saturated carbocycles. The van der Waals surface area contributed by atoms with Crippen LogP contribution in [-0.4, -0.2) is 84.9 Å². The van der Waals surface area contributed by atoms with Crippen molar-refractivity contribution < 1.29 is 37.5 Å². The maximum absolute atomic E-state index is 14.0. The van der Waals surface area contributed by atoms with Crippen LogP contribution >= 0.6 is 0 Å². The highest BCUT2D eigenvalue weighted by Crippen LogP contribution is 2.65. The quantitative estimate of drug-likeness (QED) is 0.230. The summed E-state index contributed by atoms with van der Waals surface area (Å²) in [6.45, 7) is 15.0. The van der Waals surface area contributed by atoms with Crippen LogP contribution in [0.15, 0.2) is 0 Å². The Labute approximate surface area is 237 Å². The molecule has 0 aromatic rings. The molecule has 2 fully saturated rings. The lowest BCUT2D eigenvalue weighted by molar-refractivity contribution is -0.151. The minimum atomic E-state index is -3.71. The average Bonchev–Trinajstić information content (AvgIpc) is 3.13. The van der Waals surface area contributed by atoms with Crippen LogP contribution in [0.4, 0.5) is 0 Å². The molecule has 1 aliphatic heterocycles. The topological polar surface area (TPSA) is 179 Å². The number of carbonyl (C=O) groups is 5. The van der Waals surface area contributed by atoms with E-state index in [1.807, 2.05) is 27.7 Å². The van der Waals surface area contributed by atoms with Crippen molar-refractivity contribution in [3.05, 3.63) is 0 Å². The number of hydrogen-bond acceptors (Lipinski definition) is 7. The second-order valence-corrected chi connectivity index (χ2v) is 15.1. The third kappa shape index (κ3) is 7.80. The Hall–Kier alpha value is -2.54. The number of ketones is 1. The number of fused-ring (bicyclic) bond motifs is 1. The summed E-state index contributed by atoms with van der Waals surface area (Å²) in [5.41, 5.74) is -1.04. The number of rotatable bonds is 13. The molecule has 0 aromatic carbocycles. The van der Waals surface area contributed by atoms with Gasteiger partial charge in [-0.05, 0) is 41.4 Å². The second kappa shape index (κ2) is 12.1. The first-order valence-electron chi connectivity index (χ1n) is 13.8. The minimum Gasteiger partial charge on any atom is -0.475 e. The van der Waals surface area contributed by atoms with Gasteiger partial charge in [-0.15, -0.1) is 0 Å². The van der Waals surface area contributed by atoms with E-state index >= 15 is 0 Å². The van der Waals surface area contributed by atoms with Crippen molar-refractivity contribution in [2.45, 2.75) is 98.8 Å². The van der Waals surface area contributed by atoms with Crippen LogP contribution in [0.25, 0.3) is 0 Å². The van der Waals surface area contributed by atoms with Gasteiger partial charge < -0.3 is 20.6 Å². The number of sulfonamides is 1. The second-order valence-electron chi connectivity index (χ2n) is 13.3. The van der Waals surface area contributed by atoms with Gasteiger partial charge in [0.05, 0.1) is 12.3 Å². The fourth-order valence-electron chi connectivity index (χ4n) is 5.77. The Bertz CT molecular complexity index is 1130. The summed E-state index contributed by atoms with van der Waals surface area (Å²) in [6.07, 6.45) is 1.78. The number of hydrogen-bond donors (Lipinski definition) is 4. The number of carboxylic acids is 1. The zero-order valence-corrected chi connectivity index (χ0v) is 25.8. The lowest BCUT2D eigenvalue weighted by Crippen LogP contribution is -2.62. The number of carbonyl (C=O) groups excluding carboxylic acids is 4. The molecule has 13 heteroatoms. The Morgan fingerprint density at radius 2 is 1.62 bits per heavy atom. The summed E-state index contributed by atoms with van der Waals surface area (Å²) in [5.74, 6) is -4.70. The monoisotopic (exact) mass is 586 g/mol. The van der Waals surface area contributed by atoms with Crippen molar-refractivity contribution in [2.24, 2.45) is 28.6 Å². The smallest absolute Gasteiger partial charge is 0.374 e. The number of nitrogens with one attached hydrogen (secondary N) is 3. The van der Waals surface area contributed by atoms with Gasteiger partial charge in [0.15, 0.2) is 0 Å². The molecule has 2 aliphatic rings. The molecule has 0 bridgehead atoms. The average molecular weight is 587 g/mol. The fraction of sp³-hybridized carbons (Fsp3) is 0.815. The van der Waals surface area contributed by atoms with Crippen LogP contribution in [0.3, 0.4) is 0 Å². The molecule has 1 saturated heterocycles. The molecule has 3 amide bonds. The van der Waals surface area contributed by atoms with Crippen LogP contribution in [0.2, 0.25) is 0 Å². The zero-order chi connectivity index (χ0) is 31.0. The standard InChI is InChI=1S/C27H46N4O8S/c1-10-11-16(20(32)25(36)37)28-23(34)19-18-15(27(18,7)8)13-31(19)24(35)21(26(4,5)6)29-22(33)17(12-14(2)3)30-40(9,38)39/h14-19,21,30H,10-13H2,1-9H3,(H,28,34)(H,29,33)(H,36,37)/t15-,16?,17-,18-,19-,21+/m0/s1. The molecule has 228 valence electrons. The highest BCUT2D eigenvalue weighted by molar-refractivity contribution is 7.88. The van der Waals surface area contributed by atoms with E-state index in [0.29, 0.717) is 6.42 Å². The first kappa shape index (κ1) is 33.7. The van der Waals surface area contributed by atoms with Gasteiger partial charge in [-0.25, -0.2) is 17.9 Å². The molecule has 2 rings (SSSR count). The minimum absolute atomic E-state index is 0.0145. The molecule has 1 heterocycles. The Kier molecular flexibility index (Phi) is 10.2. The summed E-state index contributed by atoms with van der Waals surface area (Å²) in [4.78, 5) is 65.9. The number of nitrogens with zero attached hydrogens (tertiary/aromatic N) is 1. The fourth-order valence-corrected chi connectivity index (χ4v) is 6.49. The molecule has 1 unspecified atom stereocenters. The van der Waals surface area contributed by atoms with Crippen molar-refractivity contribution in [1.82, 2.24) is 20.3 Å². The maximum Gasteiger partial charge on any atom is 0.374 e. The van der Waals surface area contributed by atoms with Gasteiger partial charge in [-0.3, -0.25) is 19.2 Å². The molecule has 0 spiro atoms. The van der Waals surface area contributed by atoms with Crippen LogP contribution in [0.5, 0.6) is 0 Å². The number of Topliss-reactive ketones (excluding diaryl/α,β-unsaturated/α-hetero) is 1. The van der Waals surface area contributed by atoms with Crippen molar-refractivity contribution in [2.75, 3.05) is 12.8 Å². The number of carboxylic acid groups (broad SMARTS) is 1. The lowest BCUT2D eigenvalue weighted by Gasteiger charge is -2.38. The molecular formula is C27H46N4O8S. The molecule has 0 aromatic heterocycles. The van der Waals surface area contributed by atoms with E-state index in [1.165, 1.54) is 4.90 Å². The van der Waals surface area contributed by atoms with Gasteiger partial charge >= 0.3 is 5.97 Å². The Morgan fingerprint density at radius 1 is 1.05 bits per heavy atom. The third-order valence-electron chi connectivity index (χ3n) is 7.96. The summed E-state index contributed by atoms with van der Waals surface area (Å²) in [7, 11) is -3.71. The normalized spacial score (nSPS) is 24.1. The van der Waals surface area contributed by atoms with E-state index < -0.39 is 69.1 Å². The van der Waals surface area contributed by atoms with Gasteiger partial charge in [0.1, 0.15) is 18.1 Å². The Balaban J connectivity index is 2.37. The van der Waals surface area contributed by atoms with Crippen molar-refractivity contribution in [3.63, 3.8) is 0 Å². The van der Waals surface area contributed by atoms with Crippen molar-refractivity contribution in [3.8, 4) is 0 Å². The van der Waals surface area contributed by atoms with Crippen LogP contribution in [0, 0.1) is 28.6 Å². The summed E-state index contributed by atoms with van der Waals surface area (Å²) in [5, 5.41) is 14.5. The van der Waals surface area contributed by atoms with Gasteiger partial charge in [0.2, 0.25) is 27.7 Å². The molecule has 12 nitrogen and oxygen atoms in total. The van der Waals surface area contributed by atoms with E-state index in [0.717, 1.165) is 6.26 Å². The first-order valence-corrected chi connectivity index (χ1v) is 15.7. The highest BCUT2D eigenvalue weighted by atomic mass is 32.2. The van der Waals surface area contributed by atoms with Gasteiger partial charge in [0, 0.05) is 6.54 Å². The number of likely N-dealkylation sites (tertiary alicyclic amines) is 1. The number of piperidine rings is 1. The molecule has 40 heavy (non-hydrogen) atoms. The van der Waals surface area contributed by atoms with Crippen molar-refractivity contribution in [1.29, 1.82) is 0 Å². The zero-order valence-electron chi connectivity index (χ0n) is 25.0. The Morgan fingerprint density at radius 3 is 2.08 bits per heavy atom. The maximum atomic E-state index is 14.0.